The maximum Gasteiger partial charge on any atom is 0.319 e. The Morgan fingerprint density at radius 3 is 2.91 bits per heavy atom. The van der Waals surface area contributed by atoms with E-state index in [0.29, 0.717) is 21.6 Å². The van der Waals surface area contributed by atoms with Crippen molar-refractivity contribution in [3.05, 3.63) is 34.3 Å². The minimum atomic E-state index is -0.378. The second kappa shape index (κ2) is 8.42. The van der Waals surface area contributed by atoms with Crippen LogP contribution in [0, 0.1) is 0 Å². The lowest BCUT2D eigenvalue weighted by molar-refractivity contribution is -0.142. The third-order valence-electron chi connectivity index (χ3n) is 2.61. The van der Waals surface area contributed by atoms with E-state index in [9.17, 15) is 9.59 Å². The Labute approximate surface area is 150 Å². The van der Waals surface area contributed by atoms with Crippen molar-refractivity contribution in [1.82, 2.24) is 10.2 Å². The van der Waals surface area contributed by atoms with Gasteiger partial charge in [-0.2, -0.15) is 0 Å². The fraction of sp³-hybridized carbons (Fsp3) is 0.286. The molecule has 6 nitrogen and oxygen atoms in total. The number of aromatic nitrogens is 2. The molecule has 2 rings (SSSR count). The summed E-state index contributed by atoms with van der Waals surface area (Å²) in [5, 5.41) is 10.6. The molecule has 1 unspecified atom stereocenters. The van der Waals surface area contributed by atoms with Crippen molar-refractivity contribution in [2.75, 3.05) is 11.9 Å². The van der Waals surface area contributed by atoms with Gasteiger partial charge in [0.15, 0.2) is 4.34 Å². The van der Waals surface area contributed by atoms with E-state index in [4.69, 9.17) is 4.74 Å². The Morgan fingerprint density at radius 1 is 1.43 bits per heavy atom. The largest absolute Gasteiger partial charge is 0.465 e. The lowest BCUT2D eigenvalue weighted by atomic mass is 10.2. The summed E-state index contributed by atoms with van der Waals surface area (Å²) in [6.45, 7) is 3.84. The molecule has 23 heavy (non-hydrogen) atoms. The molecule has 1 atom stereocenters. The first kappa shape index (κ1) is 17.9. The predicted molar refractivity (Wildman–Crippen MR) is 94.0 cm³/mol. The highest BCUT2D eigenvalue weighted by Gasteiger charge is 2.18. The molecule has 1 heterocycles. The average Bonchev–Trinajstić information content (AvgIpc) is 2.94. The molecule has 1 amide bonds. The zero-order valence-electron chi connectivity index (χ0n) is 12.4. The Morgan fingerprint density at radius 2 is 2.22 bits per heavy atom. The van der Waals surface area contributed by atoms with Gasteiger partial charge in [0, 0.05) is 10.0 Å². The Balaban J connectivity index is 1.97. The standard InChI is InChI=1S/C14H14BrN3O3S2/c1-3-21-12(20)8(2)22-14-18-17-13(23-14)16-11(19)9-5-4-6-10(15)7-9/h4-8H,3H2,1-2H3,(H,16,17,19). The SMILES string of the molecule is CCOC(=O)C(C)Sc1nnc(NC(=O)c2cccc(Br)c2)s1. The number of rotatable bonds is 6. The molecule has 9 heteroatoms. The average molecular weight is 416 g/mol. The van der Waals surface area contributed by atoms with Crippen LogP contribution in [0.5, 0.6) is 0 Å². The van der Waals surface area contributed by atoms with Crippen LogP contribution in [0.4, 0.5) is 5.13 Å². The summed E-state index contributed by atoms with van der Waals surface area (Å²) < 4.78 is 6.35. The van der Waals surface area contributed by atoms with Gasteiger partial charge in [-0.15, -0.1) is 10.2 Å². The van der Waals surface area contributed by atoms with E-state index in [0.717, 1.165) is 4.47 Å². The molecule has 1 aromatic carbocycles. The summed E-state index contributed by atoms with van der Waals surface area (Å²) in [7, 11) is 0. The third-order valence-corrected chi connectivity index (χ3v) is 5.10. The summed E-state index contributed by atoms with van der Waals surface area (Å²) in [6, 6.07) is 7.04. The van der Waals surface area contributed by atoms with Crippen LogP contribution in [0.2, 0.25) is 0 Å². The zero-order chi connectivity index (χ0) is 16.8. The van der Waals surface area contributed by atoms with Gasteiger partial charge in [-0.25, -0.2) is 0 Å². The molecule has 0 aliphatic carbocycles. The van der Waals surface area contributed by atoms with Gasteiger partial charge in [0.2, 0.25) is 5.13 Å². The fourth-order valence-electron chi connectivity index (χ4n) is 1.57. The molecule has 0 spiro atoms. The van der Waals surface area contributed by atoms with Crippen LogP contribution in [0.15, 0.2) is 33.1 Å². The molecule has 0 radical (unpaired) electrons. The highest BCUT2D eigenvalue weighted by atomic mass is 79.9. The highest BCUT2D eigenvalue weighted by Crippen LogP contribution is 2.29. The number of thioether (sulfide) groups is 1. The molecule has 0 aliphatic heterocycles. The Hall–Kier alpha value is -1.45. The van der Waals surface area contributed by atoms with Gasteiger partial charge in [0.25, 0.3) is 5.91 Å². The van der Waals surface area contributed by atoms with Crippen LogP contribution in [0.25, 0.3) is 0 Å². The van der Waals surface area contributed by atoms with E-state index < -0.39 is 0 Å². The van der Waals surface area contributed by atoms with E-state index in [1.807, 2.05) is 6.07 Å². The van der Waals surface area contributed by atoms with Crippen molar-refractivity contribution in [2.24, 2.45) is 0 Å². The molecule has 122 valence electrons. The maximum absolute atomic E-state index is 12.1. The maximum atomic E-state index is 12.1. The van der Waals surface area contributed by atoms with Crippen LogP contribution in [0.1, 0.15) is 24.2 Å². The molecule has 0 saturated heterocycles. The molecular weight excluding hydrogens is 402 g/mol. The minimum absolute atomic E-state index is 0.266. The fourth-order valence-corrected chi connectivity index (χ4v) is 3.85. The van der Waals surface area contributed by atoms with Crippen molar-refractivity contribution in [1.29, 1.82) is 0 Å². The summed E-state index contributed by atoms with van der Waals surface area (Å²) in [5.41, 5.74) is 0.517. The first-order valence-corrected chi connectivity index (χ1v) is 9.22. The third kappa shape index (κ3) is 5.29. The molecule has 1 N–H and O–H groups in total. The second-order valence-corrected chi connectivity index (χ2v) is 7.83. The normalized spacial score (nSPS) is 11.8. The smallest absolute Gasteiger partial charge is 0.319 e. The van der Waals surface area contributed by atoms with Gasteiger partial charge < -0.3 is 4.74 Å². The number of halogens is 1. The van der Waals surface area contributed by atoms with E-state index >= 15 is 0 Å². The number of hydrogen-bond acceptors (Lipinski definition) is 7. The molecular formula is C14H14BrN3O3S2. The van der Waals surface area contributed by atoms with Crippen LogP contribution < -0.4 is 5.32 Å². The summed E-state index contributed by atoms with van der Waals surface area (Å²) >= 11 is 5.78. The molecule has 0 aliphatic rings. The molecule has 0 saturated carbocycles. The first-order chi connectivity index (χ1) is 11.0. The van der Waals surface area contributed by atoms with Gasteiger partial charge in [-0.05, 0) is 32.0 Å². The quantitative estimate of drug-likeness (QED) is 0.440. The number of amides is 1. The van der Waals surface area contributed by atoms with Crippen molar-refractivity contribution in [3.63, 3.8) is 0 Å². The lowest BCUT2D eigenvalue weighted by Crippen LogP contribution is -2.16. The summed E-state index contributed by atoms with van der Waals surface area (Å²) in [6.07, 6.45) is 0. The minimum Gasteiger partial charge on any atom is -0.465 e. The van der Waals surface area contributed by atoms with E-state index in [1.54, 1.807) is 32.0 Å². The number of nitrogens with zero attached hydrogens (tertiary/aromatic N) is 2. The van der Waals surface area contributed by atoms with Crippen LogP contribution in [0.3, 0.4) is 0 Å². The summed E-state index contributed by atoms with van der Waals surface area (Å²) in [4.78, 5) is 23.7. The van der Waals surface area contributed by atoms with Crippen molar-refractivity contribution < 1.29 is 14.3 Å². The van der Waals surface area contributed by atoms with E-state index in [2.05, 4.69) is 31.4 Å². The van der Waals surface area contributed by atoms with Gasteiger partial charge in [0.1, 0.15) is 5.25 Å². The highest BCUT2D eigenvalue weighted by molar-refractivity contribution is 9.10. The lowest BCUT2D eigenvalue weighted by Gasteiger charge is -2.06. The van der Waals surface area contributed by atoms with Crippen molar-refractivity contribution >= 4 is 56.0 Å². The predicted octanol–water partition coefficient (Wildman–Crippen LogP) is 3.60. The topological polar surface area (TPSA) is 81.2 Å². The van der Waals surface area contributed by atoms with Crippen LogP contribution in [-0.2, 0) is 9.53 Å². The number of anilines is 1. The first-order valence-electron chi connectivity index (χ1n) is 6.73. The number of hydrogen-bond donors (Lipinski definition) is 1. The van der Waals surface area contributed by atoms with Gasteiger partial charge in [-0.3, -0.25) is 14.9 Å². The van der Waals surface area contributed by atoms with Crippen molar-refractivity contribution in [3.8, 4) is 0 Å². The van der Waals surface area contributed by atoms with Crippen molar-refractivity contribution in [2.45, 2.75) is 23.4 Å². The number of benzene rings is 1. The van der Waals surface area contributed by atoms with Gasteiger partial charge >= 0.3 is 5.97 Å². The van der Waals surface area contributed by atoms with Gasteiger partial charge in [0.05, 0.1) is 6.61 Å². The summed E-state index contributed by atoms with van der Waals surface area (Å²) in [5.74, 6) is -0.565. The number of nitrogens with one attached hydrogen (secondary N) is 1. The van der Waals surface area contributed by atoms with Crippen LogP contribution in [-0.4, -0.2) is 33.9 Å². The second-order valence-electron chi connectivity index (χ2n) is 4.35. The zero-order valence-corrected chi connectivity index (χ0v) is 15.6. The Kier molecular flexibility index (Phi) is 6.55. The van der Waals surface area contributed by atoms with E-state index in [1.165, 1.54) is 23.1 Å². The van der Waals surface area contributed by atoms with E-state index in [-0.39, 0.29) is 17.1 Å². The molecule has 0 fully saturated rings. The molecule has 0 bridgehead atoms. The number of esters is 1. The van der Waals surface area contributed by atoms with Gasteiger partial charge in [-0.1, -0.05) is 45.1 Å². The number of carbonyl (C=O) groups excluding carboxylic acids is 2. The number of carbonyl (C=O) groups is 2. The van der Waals surface area contributed by atoms with Crippen LogP contribution >= 0.6 is 39.0 Å². The monoisotopic (exact) mass is 415 g/mol. The number of ether oxygens (including phenoxy) is 1. The molecule has 2 aromatic rings. The Bertz CT molecular complexity index is 708. The molecule has 1 aromatic heterocycles.